The van der Waals surface area contributed by atoms with E-state index in [-0.39, 0.29) is 0 Å². The predicted molar refractivity (Wildman–Crippen MR) is 65.3 cm³/mol. The number of benzene rings is 1. The highest BCUT2D eigenvalue weighted by Gasteiger charge is 1.92. The first-order valence-corrected chi connectivity index (χ1v) is 5.17. The van der Waals surface area contributed by atoms with Crippen molar-refractivity contribution in [1.82, 2.24) is 0 Å². The molecule has 0 unspecified atom stereocenters. The Morgan fingerprint density at radius 3 is 2.53 bits per heavy atom. The largest absolute Gasteiger partial charge is 0.497 e. The Morgan fingerprint density at radius 2 is 2.00 bits per heavy atom. The molecule has 1 aromatic carbocycles. The van der Waals surface area contributed by atoms with Crippen LogP contribution in [0.5, 0.6) is 5.75 Å². The van der Waals surface area contributed by atoms with Gasteiger partial charge < -0.3 is 4.74 Å². The molecule has 0 spiro atoms. The Hall–Kier alpha value is -1.50. The van der Waals surface area contributed by atoms with E-state index in [0.29, 0.717) is 0 Å². The molecule has 80 valence electrons. The molecule has 15 heavy (non-hydrogen) atoms. The van der Waals surface area contributed by atoms with Crippen molar-refractivity contribution in [2.75, 3.05) is 7.11 Å². The van der Waals surface area contributed by atoms with Crippen molar-refractivity contribution in [3.63, 3.8) is 0 Å². The topological polar surface area (TPSA) is 9.23 Å². The average molecular weight is 202 g/mol. The molecule has 0 aliphatic rings. The van der Waals surface area contributed by atoms with Crippen LogP contribution in [0.2, 0.25) is 0 Å². The van der Waals surface area contributed by atoms with Gasteiger partial charge in [0, 0.05) is 0 Å². The smallest absolute Gasteiger partial charge is 0.118 e. The SMILES string of the molecule is C=C(C)/C=C/CCc1ccc(OC)cc1. The van der Waals surface area contributed by atoms with Gasteiger partial charge in [-0.2, -0.15) is 0 Å². The molecule has 0 amide bonds. The van der Waals surface area contributed by atoms with Crippen molar-refractivity contribution in [2.45, 2.75) is 19.8 Å². The van der Waals surface area contributed by atoms with E-state index in [4.69, 9.17) is 4.74 Å². The molecule has 0 heterocycles. The fraction of sp³-hybridized carbons (Fsp3) is 0.286. The van der Waals surface area contributed by atoms with E-state index in [1.807, 2.05) is 19.1 Å². The molecule has 0 aliphatic carbocycles. The van der Waals surface area contributed by atoms with E-state index in [0.717, 1.165) is 24.2 Å². The zero-order valence-corrected chi connectivity index (χ0v) is 9.49. The molecule has 0 aromatic heterocycles. The lowest BCUT2D eigenvalue weighted by Gasteiger charge is -2.01. The Labute approximate surface area is 92.1 Å². The van der Waals surface area contributed by atoms with Crippen molar-refractivity contribution in [3.05, 3.63) is 54.1 Å². The minimum atomic E-state index is 0.913. The Balaban J connectivity index is 2.41. The Morgan fingerprint density at radius 1 is 1.33 bits per heavy atom. The molecular weight excluding hydrogens is 184 g/mol. The van der Waals surface area contributed by atoms with Crippen LogP contribution in [0.4, 0.5) is 0 Å². The molecule has 1 nitrogen and oxygen atoms in total. The lowest BCUT2D eigenvalue weighted by Crippen LogP contribution is -1.85. The summed E-state index contributed by atoms with van der Waals surface area (Å²) in [5.74, 6) is 0.913. The Bertz CT molecular complexity index is 333. The summed E-state index contributed by atoms with van der Waals surface area (Å²) in [6, 6.07) is 8.20. The van der Waals surface area contributed by atoms with Gasteiger partial charge in [-0.1, -0.05) is 36.4 Å². The van der Waals surface area contributed by atoms with Crippen molar-refractivity contribution < 1.29 is 4.74 Å². The van der Waals surface area contributed by atoms with Gasteiger partial charge in [0.05, 0.1) is 7.11 Å². The van der Waals surface area contributed by atoms with Gasteiger partial charge in [-0.25, -0.2) is 0 Å². The fourth-order valence-electron chi connectivity index (χ4n) is 1.33. The van der Waals surface area contributed by atoms with Crippen LogP contribution in [0.3, 0.4) is 0 Å². The zero-order valence-electron chi connectivity index (χ0n) is 9.49. The average Bonchev–Trinajstić information content (AvgIpc) is 2.25. The van der Waals surface area contributed by atoms with E-state index in [2.05, 4.69) is 30.9 Å². The van der Waals surface area contributed by atoms with E-state index >= 15 is 0 Å². The summed E-state index contributed by atoms with van der Waals surface area (Å²) in [4.78, 5) is 0. The van der Waals surface area contributed by atoms with Gasteiger partial charge in [-0.3, -0.25) is 0 Å². The second-order valence-electron chi connectivity index (χ2n) is 3.64. The van der Waals surface area contributed by atoms with Crippen LogP contribution in [0, 0.1) is 0 Å². The molecule has 0 atom stereocenters. The summed E-state index contributed by atoms with van der Waals surface area (Å²) < 4.78 is 5.10. The number of allylic oxidation sites excluding steroid dienone is 3. The van der Waals surface area contributed by atoms with Crippen LogP contribution in [0.1, 0.15) is 18.9 Å². The van der Waals surface area contributed by atoms with E-state index < -0.39 is 0 Å². The van der Waals surface area contributed by atoms with Crippen LogP contribution >= 0.6 is 0 Å². The molecule has 0 bridgehead atoms. The van der Waals surface area contributed by atoms with Gasteiger partial charge in [0.15, 0.2) is 0 Å². The maximum Gasteiger partial charge on any atom is 0.118 e. The van der Waals surface area contributed by atoms with Crippen LogP contribution in [-0.4, -0.2) is 7.11 Å². The van der Waals surface area contributed by atoms with Crippen LogP contribution in [0.15, 0.2) is 48.6 Å². The number of rotatable bonds is 5. The number of hydrogen-bond acceptors (Lipinski definition) is 1. The molecule has 0 saturated heterocycles. The van der Waals surface area contributed by atoms with Crippen molar-refractivity contribution >= 4 is 0 Å². The van der Waals surface area contributed by atoms with Gasteiger partial charge in [0.1, 0.15) is 5.75 Å². The van der Waals surface area contributed by atoms with E-state index in [9.17, 15) is 0 Å². The molecular formula is C14H18O. The van der Waals surface area contributed by atoms with E-state index in [1.165, 1.54) is 5.56 Å². The van der Waals surface area contributed by atoms with Crippen molar-refractivity contribution in [1.29, 1.82) is 0 Å². The summed E-state index contributed by atoms with van der Waals surface area (Å²) in [7, 11) is 1.69. The molecule has 0 N–H and O–H groups in total. The number of hydrogen-bond donors (Lipinski definition) is 0. The molecule has 0 fully saturated rings. The highest BCUT2D eigenvalue weighted by atomic mass is 16.5. The third-order valence-electron chi connectivity index (χ3n) is 2.16. The maximum absolute atomic E-state index is 5.10. The van der Waals surface area contributed by atoms with Gasteiger partial charge in [-0.05, 0) is 37.5 Å². The standard InChI is InChI=1S/C14H18O/c1-12(2)6-4-5-7-13-8-10-14(15-3)11-9-13/h4,6,8-11H,1,5,7H2,2-3H3/b6-4+. The van der Waals surface area contributed by atoms with Gasteiger partial charge in [-0.15, -0.1) is 0 Å². The summed E-state index contributed by atoms with van der Waals surface area (Å²) in [6.07, 6.45) is 6.34. The number of aryl methyl sites for hydroxylation is 1. The highest BCUT2D eigenvalue weighted by molar-refractivity contribution is 5.27. The van der Waals surface area contributed by atoms with Crippen LogP contribution < -0.4 is 4.74 Å². The minimum Gasteiger partial charge on any atom is -0.497 e. The quantitative estimate of drug-likeness (QED) is 0.660. The molecule has 0 radical (unpaired) electrons. The van der Waals surface area contributed by atoms with Gasteiger partial charge in [0.25, 0.3) is 0 Å². The fourth-order valence-corrected chi connectivity index (χ4v) is 1.33. The summed E-state index contributed by atoms with van der Waals surface area (Å²) in [5, 5.41) is 0. The molecule has 1 heteroatoms. The lowest BCUT2D eigenvalue weighted by molar-refractivity contribution is 0.414. The molecule has 1 rings (SSSR count). The first-order chi connectivity index (χ1) is 7.22. The van der Waals surface area contributed by atoms with Crippen LogP contribution in [-0.2, 0) is 6.42 Å². The summed E-state index contributed by atoms with van der Waals surface area (Å²) >= 11 is 0. The minimum absolute atomic E-state index is 0.913. The molecule has 0 aliphatic heterocycles. The Kier molecular flexibility index (Phi) is 4.69. The summed E-state index contributed by atoms with van der Waals surface area (Å²) in [5.41, 5.74) is 2.44. The second-order valence-corrected chi connectivity index (χ2v) is 3.64. The predicted octanol–water partition coefficient (Wildman–Crippen LogP) is 3.76. The third-order valence-corrected chi connectivity index (χ3v) is 2.16. The van der Waals surface area contributed by atoms with Gasteiger partial charge in [0.2, 0.25) is 0 Å². The number of methoxy groups -OCH3 is 1. The normalized spacial score (nSPS) is 10.5. The maximum atomic E-state index is 5.10. The highest BCUT2D eigenvalue weighted by Crippen LogP contribution is 2.12. The zero-order chi connectivity index (χ0) is 11.1. The second kappa shape index (κ2) is 6.07. The van der Waals surface area contributed by atoms with E-state index in [1.54, 1.807) is 7.11 Å². The first-order valence-electron chi connectivity index (χ1n) is 5.17. The number of ether oxygens (including phenoxy) is 1. The van der Waals surface area contributed by atoms with Crippen molar-refractivity contribution in [2.24, 2.45) is 0 Å². The van der Waals surface area contributed by atoms with Crippen molar-refractivity contribution in [3.8, 4) is 5.75 Å². The first kappa shape index (κ1) is 11.6. The lowest BCUT2D eigenvalue weighted by atomic mass is 10.1. The van der Waals surface area contributed by atoms with Crippen LogP contribution in [0.25, 0.3) is 0 Å². The monoisotopic (exact) mass is 202 g/mol. The summed E-state index contributed by atoms with van der Waals surface area (Å²) in [6.45, 7) is 5.82. The van der Waals surface area contributed by atoms with Gasteiger partial charge >= 0.3 is 0 Å². The molecule has 1 aromatic rings. The molecule has 0 saturated carbocycles. The third kappa shape index (κ3) is 4.50.